The van der Waals surface area contributed by atoms with Gasteiger partial charge in [0.1, 0.15) is 0 Å². The van der Waals surface area contributed by atoms with Gasteiger partial charge in [0, 0.05) is 25.7 Å². The van der Waals surface area contributed by atoms with Gasteiger partial charge in [0.05, 0.1) is 15.8 Å². The first-order valence-corrected chi connectivity index (χ1v) is 10.6. The number of hydrogen-bond donors (Lipinski definition) is 1. The minimum absolute atomic E-state index is 0.108. The van der Waals surface area contributed by atoms with E-state index in [1.165, 1.54) is 11.3 Å². The summed E-state index contributed by atoms with van der Waals surface area (Å²) in [6.45, 7) is 4.41. The molecule has 1 aliphatic rings. The van der Waals surface area contributed by atoms with Gasteiger partial charge in [-0.05, 0) is 42.8 Å². The number of thiophene rings is 1. The highest BCUT2D eigenvalue weighted by Crippen LogP contribution is 2.23. The highest BCUT2D eigenvalue weighted by Gasteiger charge is 2.29. The summed E-state index contributed by atoms with van der Waals surface area (Å²) in [6.07, 6.45) is 2.68. The molecule has 0 atom stereocenters. The number of nitrogens with one attached hydrogen (secondary N) is 1. The van der Waals surface area contributed by atoms with E-state index in [9.17, 15) is 9.59 Å². The van der Waals surface area contributed by atoms with Gasteiger partial charge in [-0.15, -0.1) is 11.3 Å². The van der Waals surface area contributed by atoms with E-state index >= 15 is 0 Å². The molecule has 1 fully saturated rings. The summed E-state index contributed by atoms with van der Waals surface area (Å²) >= 11 is 1.50. The maximum absolute atomic E-state index is 12.9. The Labute approximate surface area is 167 Å². The molecule has 7 heteroatoms. The van der Waals surface area contributed by atoms with Crippen molar-refractivity contribution in [1.29, 1.82) is 0 Å². The van der Waals surface area contributed by atoms with Crippen molar-refractivity contribution in [2.75, 3.05) is 24.5 Å². The number of aromatic nitrogens is 2. The van der Waals surface area contributed by atoms with Crippen molar-refractivity contribution < 1.29 is 4.79 Å². The van der Waals surface area contributed by atoms with E-state index in [1.807, 2.05) is 40.6 Å². The summed E-state index contributed by atoms with van der Waals surface area (Å²) in [5.74, 6) is 0.751. The number of aromatic amines is 1. The van der Waals surface area contributed by atoms with Crippen LogP contribution in [-0.2, 0) is 0 Å². The number of para-hydroxylation sites is 1. The molecule has 3 aromatic rings. The summed E-state index contributed by atoms with van der Waals surface area (Å²) in [7, 11) is 0. The zero-order chi connectivity index (χ0) is 19.5. The van der Waals surface area contributed by atoms with Crippen LogP contribution >= 0.6 is 11.3 Å². The molecule has 1 amide bonds. The molecule has 0 saturated carbocycles. The SMILES string of the molecule is CCCN(C(=O)c1cccs1)C1CCN(c2nc3ccccc3c(=O)[nH]2)CC1. The lowest BCUT2D eigenvalue weighted by atomic mass is 10.0. The van der Waals surface area contributed by atoms with Crippen LogP contribution in [0.5, 0.6) is 0 Å². The number of H-pyrrole nitrogens is 1. The normalized spacial score (nSPS) is 15.1. The van der Waals surface area contributed by atoms with Crippen LogP contribution in [0.3, 0.4) is 0 Å². The van der Waals surface area contributed by atoms with Crippen LogP contribution in [0.4, 0.5) is 5.95 Å². The first kappa shape index (κ1) is 18.7. The van der Waals surface area contributed by atoms with Gasteiger partial charge in [-0.2, -0.15) is 0 Å². The molecule has 0 unspecified atom stereocenters. The van der Waals surface area contributed by atoms with Crippen molar-refractivity contribution in [2.45, 2.75) is 32.2 Å². The van der Waals surface area contributed by atoms with Crippen molar-refractivity contribution in [2.24, 2.45) is 0 Å². The van der Waals surface area contributed by atoms with Crippen molar-refractivity contribution in [3.8, 4) is 0 Å². The molecule has 1 aliphatic heterocycles. The van der Waals surface area contributed by atoms with E-state index in [-0.39, 0.29) is 17.5 Å². The third-order valence-electron chi connectivity index (χ3n) is 5.26. The van der Waals surface area contributed by atoms with Crippen LogP contribution in [0.2, 0.25) is 0 Å². The summed E-state index contributed by atoms with van der Waals surface area (Å²) in [4.78, 5) is 37.7. The number of benzene rings is 1. The fraction of sp³-hybridized carbons (Fsp3) is 0.381. The summed E-state index contributed by atoms with van der Waals surface area (Å²) < 4.78 is 0. The molecule has 28 heavy (non-hydrogen) atoms. The van der Waals surface area contributed by atoms with E-state index < -0.39 is 0 Å². The molecule has 0 radical (unpaired) electrons. The van der Waals surface area contributed by atoms with E-state index in [2.05, 4.69) is 21.8 Å². The molecular weight excluding hydrogens is 372 g/mol. The van der Waals surface area contributed by atoms with Gasteiger partial charge in [0.15, 0.2) is 0 Å². The average Bonchev–Trinajstić information content (AvgIpc) is 3.27. The highest BCUT2D eigenvalue weighted by atomic mass is 32.1. The Hall–Kier alpha value is -2.67. The van der Waals surface area contributed by atoms with Crippen molar-refractivity contribution in [3.63, 3.8) is 0 Å². The third kappa shape index (κ3) is 3.67. The van der Waals surface area contributed by atoms with E-state index in [4.69, 9.17) is 0 Å². The largest absolute Gasteiger partial charge is 0.342 e. The van der Waals surface area contributed by atoms with Crippen LogP contribution < -0.4 is 10.5 Å². The second-order valence-corrected chi connectivity index (χ2v) is 8.05. The molecule has 146 valence electrons. The number of amides is 1. The Morgan fingerprint density at radius 3 is 2.75 bits per heavy atom. The summed E-state index contributed by atoms with van der Waals surface area (Å²) in [6, 6.07) is 11.4. The van der Waals surface area contributed by atoms with E-state index in [0.29, 0.717) is 16.9 Å². The van der Waals surface area contributed by atoms with Crippen LogP contribution in [-0.4, -0.2) is 46.5 Å². The number of anilines is 1. The van der Waals surface area contributed by atoms with Crippen molar-refractivity contribution in [1.82, 2.24) is 14.9 Å². The molecule has 1 saturated heterocycles. The van der Waals surface area contributed by atoms with Crippen molar-refractivity contribution >= 4 is 34.1 Å². The molecule has 3 heterocycles. The van der Waals surface area contributed by atoms with E-state index in [0.717, 1.165) is 43.8 Å². The lowest BCUT2D eigenvalue weighted by Crippen LogP contribution is -2.48. The van der Waals surface area contributed by atoms with Gasteiger partial charge in [-0.1, -0.05) is 25.1 Å². The lowest BCUT2D eigenvalue weighted by Gasteiger charge is -2.38. The highest BCUT2D eigenvalue weighted by molar-refractivity contribution is 7.12. The van der Waals surface area contributed by atoms with Gasteiger partial charge in [0.2, 0.25) is 5.95 Å². The first-order chi connectivity index (χ1) is 13.7. The minimum atomic E-state index is -0.108. The Bertz CT molecular complexity index is 1010. The molecule has 4 rings (SSSR count). The first-order valence-electron chi connectivity index (χ1n) is 9.76. The molecule has 0 aliphatic carbocycles. The Morgan fingerprint density at radius 1 is 1.25 bits per heavy atom. The molecule has 0 spiro atoms. The number of carbonyl (C=O) groups is 1. The van der Waals surface area contributed by atoms with Crippen LogP contribution in [0, 0.1) is 0 Å². The Balaban J connectivity index is 1.49. The predicted octanol–water partition coefficient (Wildman–Crippen LogP) is 3.51. The monoisotopic (exact) mass is 396 g/mol. The minimum Gasteiger partial charge on any atom is -0.342 e. The Kier molecular flexibility index (Phi) is 5.43. The molecular formula is C21H24N4O2S. The maximum atomic E-state index is 12.9. The van der Waals surface area contributed by atoms with Crippen LogP contribution in [0.1, 0.15) is 35.9 Å². The molecule has 2 aromatic heterocycles. The number of nitrogens with zero attached hydrogens (tertiary/aromatic N) is 3. The predicted molar refractivity (Wildman–Crippen MR) is 113 cm³/mol. The zero-order valence-corrected chi connectivity index (χ0v) is 16.7. The molecule has 6 nitrogen and oxygen atoms in total. The lowest BCUT2D eigenvalue weighted by molar-refractivity contribution is 0.0654. The standard InChI is InChI=1S/C21H24N4O2S/c1-2-11-25(20(27)18-8-5-14-28-18)15-9-12-24(13-10-15)21-22-17-7-4-3-6-16(17)19(26)23-21/h3-8,14-15H,2,9-13H2,1H3,(H,22,23,26). The van der Waals surface area contributed by atoms with Gasteiger partial charge >= 0.3 is 0 Å². The number of hydrogen-bond acceptors (Lipinski definition) is 5. The maximum Gasteiger partial charge on any atom is 0.264 e. The quantitative estimate of drug-likeness (QED) is 0.717. The molecule has 1 aromatic carbocycles. The zero-order valence-electron chi connectivity index (χ0n) is 15.9. The fourth-order valence-electron chi connectivity index (χ4n) is 3.85. The van der Waals surface area contributed by atoms with Crippen molar-refractivity contribution in [3.05, 3.63) is 57.0 Å². The van der Waals surface area contributed by atoms with Gasteiger partial charge < -0.3 is 9.80 Å². The smallest absolute Gasteiger partial charge is 0.264 e. The molecule has 1 N–H and O–H groups in total. The topological polar surface area (TPSA) is 69.3 Å². The third-order valence-corrected chi connectivity index (χ3v) is 6.12. The number of fused-ring (bicyclic) bond motifs is 1. The van der Waals surface area contributed by atoms with E-state index in [1.54, 1.807) is 6.07 Å². The number of carbonyl (C=O) groups excluding carboxylic acids is 1. The van der Waals surface area contributed by atoms with Crippen LogP contribution in [0.25, 0.3) is 10.9 Å². The fourth-order valence-corrected chi connectivity index (χ4v) is 4.52. The van der Waals surface area contributed by atoms with Gasteiger partial charge in [-0.3, -0.25) is 14.6 Å². The average molecular weight is 397 g/mol. The second kappa shape index (κ2) is 8.14. The summed E-state index contributed by atoms with van der Waals surface area (Å²) in [5, 5.41) is 2.55. The summed E-state index contributed by atoms with van der Waals surface area (Å²) in [5.41, 5.74) is 0.604. The number of piperidine rings is 1. The van der Waals surface area contributed by atoms with Gasteiger partial charge in [0.25, 0.3) is 11.5 Å². The van der Waals surface area contributed by atoms with Gasteiger partial charge in [-0.25, -0.2) is 4.98 Å². The molecule has 0 bridgehead atoms. The van der Waals surface area contributed by atoms with Crippen LogP contribution in [0.15, 0.2) is 46.6 Å². The number of rotatable bonds is 5. The second-order valence-electron chi connectivity index (χ2n) is 7.10. The Morgan fingerprint density at radius 2 is 2.04 bits per heavy atom.